The van der Waals surface area contributed by atoms with E-state index >= 15 is 0 Å². The lowest BCUT2D eigenvalue weighted by atomic mass is 10.2. The Bertz CT molecular complexity index is 839. The lowest BCUT2D eigenvalue weighted by Gasteiger charge is -2.11. The minimum Gasteiger partial charge on any atom is -0.352 e. The van der Waals surface area contributed by atoms with E-state index in [1.807, 2.05) is 6.92 Å². The van der Waals surface area contributed by atoms with Crippen molar-refractivity contribution in [2.24, 2.45) is 0 Å². The number of hydrogen-bond acceptors (Lipinski definition) is 3. The van der Waals surface area contributed by atoms with Crippen molar-refractivity contribution in [1.82, 2.24) is 5.32 Å². The van der Waals surface area contributed by atoms with Crippen LogP contribution < -0.4 is 10.0 Å². The molecule has 1 amide bonds. The van der Waals surface area contributed by atoms with Crippen LogP contribution in [-0.2, 0) is 10.0 Å². The Labute approximate surface area is 144 Å². The Morgan fingerprint density at radius 3 is 2.46 bits per heavy atom. The van der Waals surface area contributed by atoms with Gasteiger partial charge in [0.15, 0.2) is 0 Å². The Balaban J connectivity index is 2.28. The minimum absolute atomic E-state index is 0.0742. The molecule has 2 aromatic carbocycles. The van der Waals surface area contributed by atoms with Gasteiger partial charge in [-0.25, -0.2) is 12.8 Å². The first-order valence-corrected chi connectivity index (χ1v) is 9.05. The van der Waals surface area contributed by atoms with Gasteiger partial charge in [-0.15, -0.1) is 0 Å². The Morgan fingerprint density at radius 2 is 1.83 bits per heavy atom. The normalized spacial score (nSPS) is 11.1. The SMILES string of the molecule is CCCNC(=O)c1ccc(Cl)c(NS(=O)(=O)c2ccc(F)cc2)c1. The number of carbonyl (C=O) groups is 1. The number of benzene rings is 2. The minimum atomic E-state index is -3.94. The van der Waals surface area contributed by atoms with E-state index in [4.69, 9.17) is 11.6 Å². The highest BCUT2D eigenvalue weighted by atomic mass is 35.5. The van der Waals surface area contributed by atoms with Crippen LogP contribution in [-0.4, -0.2) is 20.9 Å². The molecule has 2 rings (SSSR count). The molecule has 0 aliphatic carbocycles. The second-order valence-electron chi connectivity index (χ2n) is 5.01. The number of rotatable bonds is 6. The number of halogens is 2. The van der Waals surface area contributed by atoms with Gasteiger partial charge in [-0.2, -0.15) is 0 Å². The van der Waals surface area contributed by atoms with Crippen LogP contribution in [0.4, 0.5) is 10.1 Å². The number of sulfonamides is 1. The maximum absolute atomic E-state index is 12.9. The van der Waals surface area contributed by atoms with E-state index in [1.165, 1.54) is 18.2 Å². The summed E-state index contributed by atoms with van der Waals surface area (Å²) in [6.07, 6.45) is 0.781. The average molecular weight is 371 g/mol. The third kappa shape index (κ3) is 4.46. The van der Waals surface area contributed by atoms with Gasteiger partial charge in [0, 0.05) is 12.1 Å². The molecule has 0 aliphatic rings. The number of anilines is 1. The summed E-state index contributed by atoms with van der Waals surface area (Å²) >= 11 is 6.01. The summed E-state index contributed by atoms with van der Waals surface area (Å²) in [5.41, 5.74) is 0.356. The highest BCUT2D eigenvalue weighted by Crippen LogP contribution is 2.26. The van der Waals surface area contributed by atoms with Gasteiger partial charge in [0.05, 0.1) is 15.6 Å². The van der Waals surface area contributed by atoms with E-state index in [0.717, 1.165) is 30.7 Å². The van der Waals surface area contributed by atoms with Gasteiger partial charge >= 0.3 is 0 Å². The van der Waals surface area contributed by atoms with Crippen LogP contribution in [0.3, 0.4) is 0 Å². The van der Waals surface area contributed by atoms with Crippen LogP contribution in [0.2, 0.25) is 5.02 Å². The van der Waals surface area contributed by atoms with Crippen molar-refractivity contribution < 1.29 is 17.6 Å². The molecule has 5 nitrogen and oxygen atoms in total. The van der Waals surface area contributed by atoms with Crippen molar-refractivity contribution in [3.8, 4) is 0 Å². The summed E-state index contributed by atoms with van der Waals surface area (Å²) in [7, 11) is -3.94. The van der Waals surface area contributed by atoms with Gasteiger partial charge in [-0.1, -0.05) is 18.5 Å². The number of nitrogens with one attached hydrogen (secondary N) is 2. The van der Waals surface area contributed by atoms with Crippen molar-refractivity contribution in [2.45, 2.75) is 18.2 Å². The summed E-state index contributed by atoms with van der Waals surface area (Å²) in [5.74, 6) is -0.864. The Kier molecular flexibility index (Phi) is 5.80. The monoisotopic (exact) mass is 370 g/mol. The summed E-state index contributed by atoms with van der Waals surface area (Å²) in [4.78, 5) is 11.9. The first-order valence-electron chi connectivity index (χ1n) is 7.19. The molecule has 2 N–H and O–H groups in total. The molecule has 0 atom stereocenters. The lowest BCUT2D eigenvalue weighted by molar-refractivity contribution is 0.0953. The zero-order valence-corrected chi connectivity index (χ0v) is 14.4. The molecule has 0 saturated heterocycles. The number of hydrogen-bond donors (Lipinski definition) is 2. The van der Waals surface area contributed by atoms with Gasteiger partial charge in [0.1, 0.15) is 5.82 Å². The maximum Gasteiger partial charge on any atom is 0.261 e. The predicted octanol–water partition coefficient (Wildman–Crippen LogP) is 3.42. The molecule has 0 heterocycles. The molecule has 0 saturated carbocycles. The largest absolute Gasteiger partial charge is 0.352 e. The summed E-state index contributed by atoms with van der Waals surface area (Å²) < 4.78 is 39.9. The van der Waals surface area contributed by atoms with Gasteiger partial charge in [-0.05, 0) is 48.9 Å². The zero-order valence-electron chi connectivity index (χ0n) is 12.8. The lowest BCUT2D eigenvalue weighted by Crippen LogP contribution is -2.24. The fourth-order valence-corrected chi connectivity index (χ4v) is 3.19. The first-order chi connectivity index (χ1) is 11.3. The first kappa shape index (κ1) is 18.2. The third-order valence-corrected chi connectivity index (χ3v) is 4.84. The highest BCUT2D eigenvalue weighted by molar-refractivity contribution is 7.92. The molecule has 0 fully saturated rings. The smallest absolute Gasteiger partial charge is 0.261 e. The van der Waals surface area contributed by atoms with E-state index < -0.39 is 15.8 Å². The Morgan fingerprint density at radius 1 is 1.17 bits per heavy atom. The Hall–Kier alpha value is -2.12. The van der Waals surface area contributed by atoms with E-state index in [1.54, 1.807) is 0 Å². The van der Waals surface area contributed by atoms with Crippen LogP contribution in [0.1, 0.15) is 23.7 Å². The van der Waals surface area contributed by atoms with E-state index in [-0.39, 0.29) is 27.1 Å². The van der Waals surface area contributed by atoms with Crippen LogP contribution in [0.5, 0.6) is 0 Å². The molecular formula is C16H16ClFN2O3S. The van der Waals surface area contributed by atoms with Crippen LogP contribution in [0, 0.1) is 5.82 Å². The number of carbonyl (C=O) groups excluding carboxylic acids is 1. The van der Waals surface area contributed by atoms with Crippen molar-refractivity contribution in [2.75, 3.05) is 11.3 Å². The van der Waals surface area contributed by atoms with Gasteiger partial charge < -0.3 is 5.32 Å². The van der Waals surface area contributed by atoms with E-state index in [0.29, 0.717) is 6.54 Å². The molecule has 8 heteroatoms. The molecule has 0 bridgehead atoms. The molecule has 0 radical (unpaired) electrons. The van der Waals surface area contributed by atoms with Gasteiger partial charge in [0.25, 0.3) is 15.9 Å². The van der Waals surface area contributed by atoms with Crippen molar-refractivity contribution in [1.29, 1.82) is 0 Å². The van der Waals surface area contributed by atoms with Gasteiger partial charge in [-0.3, -0.25) is 9.52 Å². The molecule has 128 valence electrons. The third-order valence-electron chi connectivity index (χ3n) is 3.13. The molecule has 0 spiro atoms. The van der Waals surface area contributed by atoms with Gasteiger partial charge in [0.2, 0.25) is 0 Å². The van der Waals surface area contributed by atoms with Crippen molar-refractivity contribution in [3.05, 3.63) is 58.9 Å². The standard InChI is InChI=1S/C16H16ClFN2O3S/c1-2-9-19-16(21)11-3-8-14(17)15(10-11)20-24(22,23)13-6-4-12(18)5-7-13/h3-8,10,20H,2,9H2,1H3,(H,19,21). The van der Waals surface area contributed by atoms with Crippen LogP contribution >= 0.6 is 11.6 Å². The second kappa shape index (κ2) is 7.63. The quantitative estimate of drug-likeness (QED) is 0.818. The second-order valence-corrected chi connectivity index (χ2v) is 7.10. The fraction of sp³-hybridized carbons (Fsp3) is 0.188. The molecule has 0 aliphatic heterocycles. The molecule has 0 aromatic heterocycles. The summed E-state index contributed by atoms with van der Waals surface area (Å²) in [5, 5.41) is 2.84. The molecule has 24 heavy (non-hydrogen) atoms. The topological polar surface area (TPSA) is 75.3 Å². The van der Waals surface area contributed by atoms with Crippen molar-refractivity contribution in [3.63, 3.8) is 0 Å². The highest BCUT2D eigenvalue weighted by Gasteiger charge is 2.17. The summed E-state index contributed by atoms with van der Waals surface area (Å²) in [6, 6.07) is 8.67. The van der Waals surface area contributed by atoms with Crippen molar-refractivity contribution >= 4 is 33.2 Å². The number of amides is 1. The predicted molar refractivity (Wildman–Crippen MR) is 91.3 cm³/mol. The summed E-state index contributed by atoms with van der Waals surface area (Å²) in [6.45, 7) is 2.43. The maximum atomic E-state index is 12.9. The molecule has 2 aromatic rings. The zero-order chi connectivity index (χ0) is 17.7. The fourth-order valence-electron chi connectivity index (χ4n) is 1.90. The van der Waals surface area contributed by atoms with Crippen LogP contribution in [0.25, 0.3) is 0 Å². The van der Waals surface area contributed by atoms with E-state index in [2.05, 4.69) is 10.0 Å². The molecular weight excluding hydrogens is 355 g/mol. The van der Waals surface area contributed by atoms with E-state index in [9.17, 15) is 17.6 Å². The van der Waals surface area contributed by atoms with Crippen LogP contribution in [0.15, 0.2) is 47.4 Å². The molecule has 0 unspecified atom stereocenters. The average Bonchev–Trinajstić information content (AvgIpc) is 2.55.